The lowest BCUT2D eigenvalue weighted by Gasteiger charge is -2.14. The van der Waals surface area contributed by atoms with Crippen molar-refractivity contribution in [2.45, 2.75) is 13.3 Å². The lowest BCUT2D eigenvalue weighted by Crippen LogP contribution is -2.26. The first-order valence-electron chi connectivity index (χ1n) is 7.87. The first kappa shape index (κ1) is 16.8. The average Bonchev–Trinajstić information content (AvgIpc) is 2.66. The summed E-state index contributed by atoms with van der Waals surface area (Å²) >= 11 is 0. The molecule has 25 heavy (non-hydrogen) atoms. The summed E-state index contributed by atoms with van der Waals surface area (Å²) in [5, 5.41) is 0.413. The van der Waals surface area contributed by atoms with E-state index in [-0.39, 0.29) is 11.5 Å². The number of nitrogens with zero attached hydrogens (tertiary/aromatic N) is 2. The summed E-state index contributed by atoms with van der Waals surface area (Å²) in [7, 11) is 3.05. The van der Waals surface area contributed by atoms with Gasteiger partial charge in [0.15, 0.2) is 11.5 Å². The lowest BCUT2D eigenvalue weighted by molar-refractivity contribution is 0.355. The fourth-order valence-electron chi connectivity index (χ4n) is 2.73. The van der Waals surface area contributed by atoms with Gasteiger partial charge < -0.3 is 9.47 Å². The van der Waals surface area contributed by atoms with Gasteiger partial charge in [-0.05, 0) is 30.2 Å². The molecule has 0 unspecified atom stereocenters. The third kappa shape index (κ3) is 2.89. The van der Waals surface area contributed by atoms with Crippen LogP contribution in [0.25, 0.3) is 16.6 Å². The van der Waals surface area contributed by atoms with Crippen LogP contribution in [0.5, 0.6) is 11.5 Å². The Morgan fingerprint density at radius 2 is 1.76 bits per heavy atom. The fourth-order valence-corrected chi connectivity index (χ4v) is 2.73. The second-order valence-corrected chi connectivity index (χ2v) is 5.46. The smallest absolute Gasteiger partial charge is 0.267 e. The van der Waals surface area contributed by atoms with Crippen molar-refractivity contribution in [3.8, 4) is 17.2 Å². The number of nitrogen functional groups attached to an aromatic ring is 1. The zero-order chi connectivity index (χ0) is 18.0. The molecule has 2 aromatic carbocycles. The molecular weight excluding hydrogens is 320 g/mol. The maximum absolute atomic E-state index is 13.1. The lowest BCUT2D eigenvalue weighted by atomic mass is 10.1. The number of nitrogens with one attached hydrogen (secondary N) is 1. The normalized spacial score (nSPS) is 10.7. The van der Waals surface area contributed by atoms with Crippen LogP contribution in [0.4, 0.5) is 5.95 Å². The van der Waals surface area contributed by atoms with Gasteiger partial charge in [0.05, 0.1) is 30.8 Å². The highest BCUT2D eigenvalue weighted by molar-refractivity contribution is 5.83. The standard InChI is InChI=1S/C18H20N4O3/c1-4-11-5-7-12(8-6-11)22-17(23)13-9-15(24-2)16(25-3)10-14(13)20-18(22)21-19/h5-10H,4,19H2,1-3H3,(H,20,21). The Morgan fingerprint density at radius 1 is 1.12 bits per heavy atom. The van der Waals surface area contributed by atoms with Crippen LogP contribution in [-0.2, 0) is 6.42 Å². The van der Waals surface area contributed by atoms with Crippen LogP contribution in [0.15, 0.2) is 41.2 Å². The Balaban J connectivity index is 2.30. The van der Waals surface area contributed by atoms with Crippen molar-refractivity contribution in [2.24, 2.45) is 5.84 Å². The van der Waals surface area contributed by atoms with E-state index < -0.39 is 0 Å². The van der Waals surface area contributed by atoms with E-state index in [4.69, 9.17) is 15.3 Å². The summed E-state index contributed by atoms with van der Waals surface area (Å²) in [5.41, 5.74) is 4.58. The van der Waals surface area contributed by atoms with E-state index in [1.165, 1.54) is 24.4 Å². The fraction of sp³-hybridized carbons (Fsp3) is 0.222. The number of aromatic nitrogens is 2. The third-order valence-corrected chi connectivity index (χ3v) is 4.11. The summed E-state index contributed by atoms with van der Waals surface area (Å²) in [6.45, 7) is 2.07. The summed E-state index contributed by atoms with van der Waals surface area (Å²) in [5.74, 6) is 6.81. The van der Waals surface area contributed by atoms with Gasteiger partial charge in [0.2, 0.25) is 5.95 Å². The Morgan fingerprint density at radius 3 is 2.32 bits per heavy atom. The van der Waals surface area contributed by atoms with Crippen molar-refractivity contribution in [2.75, 3.05) is 19.6 Å². The highest BCUT2D eigenvalue weighted by Crippen LogP contribution is 2.30. The molecule has 0 aliphatic carbocycles. The van der Waals surface area contributed by atoms with Gasteiger partial charge in [0.25, 0.3) is 5.56 Å². The van der Waals surface area contributed by atoms with Crippen molar-refractivity contribution in [3.05, 3.63) is 52.3 Å². The monoisotopic (exact) mass is 340 g/mol. The number of rotatable bonds is 5. The van der Waals surface area contributed by atoms with Gasteiger partial charge in [-0.3, -0.25) is 10.2 Å². The molecule has 1 heterocycles. The molecule has 0 radical (unpaired) electrons. The van der Waals surface area contributed by atoms with Crippen LogP contribution < -0.4 is 26.3 Å². The highest BCUT2D eigenvalue weighted by Gasteiger charge is 2.15. The van der Waals surface area contributed by atoms with Crippen molar-refractivity contribution in [3.63, 3.8) is 0 Å². The molecule has 0 atom stereocenters. The number of anilines is 1. The first-order chi connectivity index (χ1) is 12.1. The molecule has 0 amide bonds. The van der Waals surface area contributed by atoms with E-state index in [0.29, 0.717) is 28.1 Å². The van der Waals surface area contributed by atoms with Crippen LogP contribution in [-0.4, -0.2) is 23.8 Å². The second-order valence-electron chi connectivity index (χ2n) is 5.46. The molecule has 7 heteroatoms. The largest absolute Gasteiger partial charge is 0.493 e. The third-order valence-electron chi connectivity index (χ3n) is 4.11. The molecular formula is C18H20N4O3. The molecule has 0 spiro atoms. The number of nitrogens with two attached hydrogens (primary N) is 1. The minimum absolute atomic E-state index is 0.244. The van der Waals surface area contributed by atoms with Crippen LogP contribution in [0, 0.1) is 0 Å². The summed E-state index contributed by atoms with van der Waals surface area (Å²) in [4.78, 5) is 17.5. The Labute approximate surface area is 145 Å². The van der Waals surface area contributed by atoms with E-state index in [1.807, 2.05) is 24.3 Å². The SMILES string of the molecule is CCc1ccc(-n2c(NN)nc3cc(OC)c(OC)cc3c2=O)cc1. The van der Waals surface area contributed by atoms with Gasteiger partial charge in [-0.25, -0.2) is 15.4 Å². The molecule has 0 saturated carbocycles. The summed E-state index contributed by atoms with van der Waals surface area (Å²) in [6, 6.07) is 11.0. The Hall–Kier alpha value is -3.06. The Kier molecular flexibility index (Phi) is 4.58. The summed E-state index contributed by atoms with van der Waals surface area (Å²) < 4.78 is 12.0. The van der Waals surface area contributed by atoms with Crippen molar-refractivity contribution >= 4 is 16.9 Å². The maximum Gasteiger partial charge on any atom is 0.267 e. The molecule has 0 bridgehead atoms. The molecule has 130 valence electrons. The van der Waals surface area contributed by atoms with E-state index in [0.717, 1.165) is 6.42 Å². The number of aryl methyl sites for hydroxylation is 1. The molecule has 3 rings (SSSR count). The van der Waals surface area contributed by atoms with Gasteiger partial charge in [-0.1, -0.05) is 19.1 Å². The first-order valence-corrected chi connectivity index (χ1v) is 7.87. The number of hydrazine groups is 1. The average molecular weight is 340 g/mol. The van der Waals surface area contributed by atoms with Crippen LogP contribution in [0.1, 0.15) is 12.5 Å². The number of fused-ring (bicyclic) bond motifs is 1. The molecule has 0 aliphatic heterocycles. The predicted molar refractivity (Wildman–Crippen MR) is 97.6 cm³/mol. The van der Waals surface area contributed by atoms with Crippen LogP contribution in [0.2, 0.25) is 0 Å². The van der Waals surface area contributed by atoms with Crippen molar-refractivity contribution < 1.29 is 9.47 Å². The number of ether oxygens (including phenoxy) is 2. The summed E-state index contributed by atoms with van der Waals surface area (Å²) in [6.07, 6.45) is 0.921. The van der Waals surface area contributed by atoms with E-state index in [1.54, 1.807) is 12.1 Å². The maximum atomic E-state index is 13.1. The van der Waals surface area contributed by atoms with Gasteiger partial charge >= 0.3 is 0 Å². The zero-order valence-corrected chi connectivity index (χ0v) is 14.4. The van der Waals surface area contributed by atoms with Crippen LogP contribution >= 0.6 is 0 Å². The number of methoxy groups -OCH3 is 2. The topological polar surface area (TPSA) is 91.4 Å². The molecule has 0 saturated heterocycles. The van der Waals surface area contributed by atoms with Crippen LogP contribution in [0.3, 0.4) is 0 Å². The van der Waals surface area contributed by atoms with E-state index in [2.05, 4.69) is 17.3 Å². The number of hydrogen-bond donors (Lipinski definition) is 2. The highest BCUT2D eigenvalue weighted by atomic mass is 16.5. The van der Waals surface area contributed by atoms with Crippen molar-refractivity contribution in [1.29, 1.82) is 0 Å². The van der Waals surface area contributed by atoms with Gasteiger partial charge in [-0.15, -0.1) is 0 Å². The molecule has 1 aromatic heterocycles. The van der Waals surface area contributed by atoms with Crippen molar-refractivity contribution in [1.82, 2.24) is 9.55 Å². The number of benzene rings is 2. The van der Waals surface area contributed by atoms with Gasteiger partial charge in [0, 0.05) is 6.07 Å². The van der Waals surface area contributed by atoms with E-state index in [9.17, 15) is 4.79 Å². The molecule has 7 nitrogen and oxygen atoms in total. The molecule has 0 aliphatic rings. The van der Waals surface area contributed by atoms with E-state index >= 15 is 0 Å². The minimum atomic E-state index is -0.247. The zero-order valence-electron chi connectivity index (χ0n) is 14.4. The van der Waals surface area contributed by atoms with Gasteiger partial charge in [0.1, 0.15) is 0 Å². The second kappa shape index (κ2) is 6.82. The quantitative estimate of drug-likeness (QED) is 0.547. The molecule has 3 aromatic rings. The predicted octanol–water partition coefficient (Wildman–Crippen LogP) is 2.25. The minimum Gasteiger partial charge on any atom is -0.493 e. The Bertz CT molecular complexity index is 965. The molecule has 0 fully saturated rings. The van der Waals surface area contributed by atoms with Gasteiger partial charge in [-0.2, -0.15) is 0 Å². The molecule has 3 N–H and O–H groups in total. The number of hydrogen-bond acceptors (Lipinski definition) is 6.